The summed E-state index contributed by atoms with van der Waals surface area (Å²) in [6, 6.07) is 0. The number of carbonyl (C=O) groups is 2. The molecule has 0 spiro atoms. The molecule has 0 fully saturated rings. The van der Waals surface area contributed by atoms with Crippen LogP contribution in [0.3, 0.4) is 0 Å². The molecule has 0 bridgehead atoms. The van der Waals surface area contributed by atoms with Crippen molar-refractivity contribution in [2.75, 3.05) is 26.7 Å². The summed E-state index contributed by atoms with van der Waals surface area (Å²) in [5, 5.41) is 11.7. The van der Waals surface area contributed by atoms with Crippen LogP contribution in [0.15, 0.2) is 48.1 Å². The Morgan fingerprint density at radius 2 is 1.86 bits per heavy atom. The van der Waals surface area contributed by atoms with Crippen LogP contribution in [0.1, 0.15) is 12.8 Å². The third-order valence-corrected chi connectivity index (χ3v) is 2.98. The number of likely N-dealkylation sites (N-methyl/N-ethyl adjacent to an activating group) is 1. The van der Waals surface area contributed by atoms with Gasteiger partial charge in [0.05, 0.1) is 0 Å². The summed E-state index contributed by atoms with van der Waals surface area (Å²) in [4.78, 5) is 24.8. The third-order valence-electron chi connectivity index (χ3n) is 2.98. The van der Waals surface area contributed by atoms with Gasteiger partial charge in [-0.1, -0.05) is 30.4 Å². The second-order valence-corrected chi connectivity index (χ2v) is 4.64. The molecule has 0 aliphatic heterocycles. The van der Waals surface area contributed by atoms with Gasteiger partial charge in [-0.05, 0) is 25.6 Å². The van der Waals surface area contributed by atoms with Crippen LogP contribution >= 0.6 is 0 Å². The number of hydrogen-bond donors (Lipinski definition) is 2. The third kappa shape index (κ3) is 6.72. The fourth-order valence-corrected chi connectivity index (χ4v) is 1.87. The van der Waals surface area contributed by atoms with E-state index in [1.54, 1.807) is 17.1 Å². The molecule has 1 aliphatic carbocycles. The zero-order valence-corrected chi connectivity index (χ0v) is 12.3. The van der Waals surface area contributed by atoms with Crippen LogP contribution in [0.5, 0.6) is 0 Å². The number of carbonyl (C=O) groups excluding carboxylic acids is 1. The van der Waals surface area contributed by atoms with Crippen molar-refractivity contribution in [1.82, 2.24) is 10.2 Å². The van der Waals surface area contributed by atoms with E-state index in [-0.39, 0.29) is 12.3 Å². The van der Waals surface area contributed by atoms with E-state index in [0.29, 0.717) is 31.6 Å². The van der Waals surface area contributed by atoms with Crippen molar-refractivity contribution < 1.29 is 14.7 Å². The summed E-state index contributed by atoms with van der Waals surface area (Å²) in [5.41, 5.74) is 0.599. The number of rotatable bonds is 8. The van der Waals surface area contributed by atoms with E-state index in [4.69, 9.17) is 5.11 Å². The van der Waals surface area contributed by atoms with Gasteiger partial charge < -0.3 is 15.3 Å². The lowest BCUT2D eigenvalue weighted by molar-refractivity contribution is -0.137. The number of nitrogens with zero attached hydrogens (tertiary/aromatic N) is 1. The highest BCUT2D eigenvalue weighted by atomic mass is 16.4. The molecule has 0 saturated heterocycles. The first-order valence-corrected chi connectivity index (χ1v) is 7.02. The van der Waals surface area contributed by atoms with Crippen molar-refractivity contribution in [3.05, 3.63) is 48.1 Å². The molecule has 114 valence electrons. The second-order valence-electron chi connectivity index (χ2n) is 4.64. The minimum atomic E-state index is -0.839. The van der Waals surface area contributed by atoms with Crippen molar-refractivity contribution in [2.45, 2.75) is 12.8 Å². The fraction of sp³-hybridized carbons (Fsp3) is 0.375. The van der Waals surface area contributed by atoms with Crippen LogP contribution in [0.2, 0.25) is 0 Å². The highest BCUT2D eigenvalue weighted by Gasteiger charge is 2.16. The highest BCUT2D eigenvalue weighted by Crippen LogP contribution is 2.08. The Labute approximate surface area is 125 Å². The number of hydrogen-bond acceptors (Lipinski definition) is 3. The highest BCUT2D eigenvalue weighted by molar-refractivity contribution is 5.96. The summed E-state index contributed by atoms with van der Waals surface area (Å²) in [7, 11) is 1.82. The van der Waals surface area contributed by atoms with E-state index in [9.17, 15) is 9.59 Å². The van der Waals surface area contributed by atoms with Gasteiger partial charge in [-0.25, -0.2) is 0 Å². The van der Waals surface area contributed by atoms with Gasteiger partial charge in [0.15, 0.2) is 0 Å². The molecule has 0 aromatic carbocycles. The monoisotopic (exact) mass is 290 g/mol. The van der Waals surface area contributed by atoms with E-state index >= 15 is 0 Å². The Morgan fingerprint density at radius 1 is 1.14 bits per heavy atom. The van der Waals surface area contributed by atoms with Crippen LogP contribution in [0.4, 0.5) is 0 Å². The van der Waals surface area contributed by atoms with Gasteiger partial charge in [0.2, 0.25) is 0 Å². The van der Waals surface area contributed by atoms with Crippen LogP contribution in [-0.4, -0.2) is 48.6 Å². The molecule has 0 atom stereocenters. The van der Waals surface area contributed by atoms with Crippen molar-refractivity contribution in [3.8, 4) is 0 Å². The van der Waals surface area contributed by atoms with E-state index in [2.05, 4.69) is 5.32 Å². The van der Waals surface area contributed by atoms with Crippen molar-refractivity contribution >= 4 is 11.9 Å². The van der Waals surface area contributed by atoms with Gasteiger partial charge in [0.25, 0.3) is 5.91 Å². The molecule has 0 unspecified atom stereocenters. The number of carboxylic acids is 1. The van der Waals surface area contributed by atoms with Gasteiger partial charge in [-0.2, -0.15) is 0 Å². The van der Waals surface area contributed by atoms with Crippen LogP contribution in [-0.2, 0) is 9.59 Å². The van der Waals surface area contributed by atoms with Crippen LogP contribution in [0, 0.1) is 0 Å². The molecular weight excluding hydrogens is 268 g/mol. The molecule has 0 aromatic rings. The molecule has 0 saturated carbocycles. The standard InChI is InChI=1S/C16H22N2O3/c1-17-11-13-18(12-7-10-15(19)20)16(21)14-8-5-3-2-4-6-9-14/h2-6,8-9,17H,7,10-13H2,1H3,(H,19,20)/b3-2-,4-2?,5-3?,6-4-,8-5?,9-6?,14-8?,14-9?. The SMILES string of the molecule is CNCCN(CCCC(=O)O)C(=O)C1=C/C=C\C=C/C=C1. The number of nitrogens with one attached hydrogen (secondary N) is 1. The lowest BCUT2D eigenvalue weighted by atomic mass is 10.1. The first kappa shape index (κ1) is 16.9. The summed E-state index contributed by atoms with van der Waals surface area (Å²) in [6.07, 6.45) is 13.3. The summed E-state index contributed by atoms with van der Waals surface area (Å²) < 4.78 is 0. The van der Waals surface area contributed by atoms with Gasteiger partial charge >= 0.3 is 5.97 Å². The zero-order valence-electron chi connectivity index (χ0n) is 12.3. The van der Waals surface area contributed by atoms with Crippen molar-refractivity contribution in [2.24, 2.45) is 0 Å². The van der Waals surface area contributed by atoms with E-state index in [1.165, 1.54) is 0 Å². The lowest BCUT2D eigenvalue weighted by Crippen LogP contribution is -2.37. The van der Waals surface area contributed by atoms with E-state index in [0.717, 1.165) is 0 Å². The lowest BCUT2D eigenvalue weighted by Gasteiger charge is -2.23. The molecule has 0 aromatic heterocycles. The summed E-state index contributed by atoms with van der Waals surface area (Å²) >= 11 is 0. The molecule has 1 aliphatic rings. The number of amides is 1. The van der Waals surface area contributed by atoms with E-state index < -0.39 is 5.97 Å². The number of aliphatic carboxylic acids is 1. The summed E-state index contributed by atoms with van der Waals surface area (Å²) in [6.45, 7) is 1.67. The summed E-state index contributed by atoms with van der Waals surface area (Å²) in [5.74, 6) is -0.916. The first-order valence-electron chi connectivity index (χ1n) is 7.02. The molecule has 2 N–H and O–H groups in total. The van der Waals surface area contributed by atoms with Crippen LogP contribution < -0.4 is 5.32 Å². The predicted molar refractivity (Wildman–Crippen MR) is 82.9 cm³/mol. The maximum absolute atomic E-state index is 12.5. The Kier molecular flexibility index (Phi) is 7.82. The second kappa shape index (κ2) is 9.72. The minimum absolute atomic E-state index is 0.0703. The predicted octanol–water partition coefficient (Wildman–Crippen LogP) is 1.51. The molecule has 1 rings (SSSR count). The molecule has 21 heavy (non-hydrogen) atoms. The Morgan fingerprint density at radius 3 is 2.57 bits per heavy atom. The molecule has 5 nitrogen and oxygen atoms in total. The smallest absolute Gasteiger partial charge is 0.303 e. The zero-order chi connectivity index (χ0) is 15.5. The maximum atomic E-state index is 12.5. The van der Waals surface area contributed by atoms with E-state index in [1.807, 2.05) is 37.4 Å². The largest absolute Gasteiger partial charge is 0.481 e. The maximum Gasteiger partial charge on any atom is 0.303 e. The quantitative estimate of drug-likeness (QED) is 0.711. The fourth-order valence-electron chi connectivity index (χ4n) is 1.87. The molecule has 1 amide bonds. The van der Waals surface area contributed by atoms with Gasteiger partial charge in [0, 0.05) is 31.6 Å². The Bertz CT molecular complexity index is 476. The average Bonchev–Trinajstić information content (AvgIpc) is 2.41. The topological polar surface area (TPSA) is 69.6 Å². The number of carboxylic acid groups (broad SMARTS) is 1. The average molecular weight is 290 g/mol. The molecule has 5 heteroatoms. The molecule has 0 radical (unpaired) electrons. The molecular formula is C16H22N2O3. The molecule has 0 heterocycles. The normalized spacial score (nSPS) is 16.5. The van der Waals surface area contributed by atoms with Crippen LogP contribution in [0.25, 0.3) is 0 Å². The van der Waals surface area contributed by atoms with Crippen molar-refractivity contribution in [3.63, 3.8) is 0 Å². The minimum Gasteiger partial charge on any atom is -0.481 e. The Balaban J connectivity index is 2.71. The van der Waals surface area contributed by atoms with Crippen molar-refractivity contribution in [1.29, 1.82) is 0 Å². The first-order chi connectivity index (χ1) is 10.1. The van der Waals surface area contributed by atoms with Gasteiger partial charge in [0.1, 0.15) is 0 Å². The Hall–Kier alpha value is -2.14. The van der Waals surface area contributed by atoms with Gasteiger partial charge in [-0.15, -0.1) is 0 Å². The number of allylic oxidation sites excluding steroid dienone is 6. The van der Waals surface area contributed by atoms with Gasteiger partial charge in [-0.3, -0.25) is 9.59 Å².